The molecule has 0 fully saturated rings. The summed E-state index contributed by atoms with van der Waals surface area (Å²) in [7, 11) is 0. The minimum atomic E-state index is 0.510. The summed E-state index contributed by atoms with van der Waals surface area (Å²) in [5, 5.41) is 5.33. The standard InChI is InChI=1S/C12H11N5/c1-8-10(4-5-11(13)16-8)17-12-9(7-15-17)3-2-6-14-12/h2-7H,1H3,(H2,13,16). The molecular formula is C12H11N5. The second-order valence-electron chi connectivity index (χ2n) is 3.81. The van der Waals surface area contributed by atoms with Gasteiger partial charge in [-0.15, -0.1) is 0 Å². The lowest BCUT2D eigenvalue weighted by Crippen LogP contribution is -2.03. The first-order chi connectivity index (χ1) is 8.25. The van der Waals surface area contributed by atoms with Crippen molar-refractivity contribution in [2.45, 2.75) is 6.92 Å². The molecule has 0 unspecified atom stereocenters. The first-order valence-electron chi connectivity index (χ1n) is 5.28. The Bertz CT molecular complexity index is 686. The van der Waals surface area contributed by atoms with Gasteiger partial charge in [0.25, 0.3) is 0 Å². The van der Waals surface area contributed by atoms with E-state index < -0.39 is 0 Å². The summed E-state index contributed by atoms with van der Waals surface area (Å²) in [5.41, 5.74) is 8.19. The minimum absolute atomic E-state index is 0.510. The van der Waals surface area contributed by atoms with Crippen molar-refractivity contribution in [1.29, 1.82) is 0 Å². The Kier molecular flexibility index (Phi) is 2.04. The Morgan fingerprint density at radius 2 is 2.12 bits per heavy atom. The maximum atomic E-state index is 5.64. The van der Waals surface area contributed by atoms with Crippen LogP contribution in [-0.4, -0.2) is 19.7 Å². The summed E-state index contributed by atoms with van der Waals surface area (Å²) in [6.45, 7) is 1.90. The van der Waals surface area contributed by atoms with E-state index >= 15 is 0 Å². The van der Waals surface area contributed by atoms with Crippen LogP contribution in [0.2, 0.25) is 0 Å². The van der Waals surface area contributed by atoms with E-state index in [1.54, 1.807) is 23.1 Å². The van der Waals surface area contributed by atoms with Crippen molar-refractivity contribution in [3.8, 4) is 5.69 Å². The predicted molar refractivity (Wildman–Crippen MR) is 65.8 cm³/mol. The largest absolute Gasteiger partial charge is 0.384 e. The van der Waals surface area contributed by atoms with Gasteiger partial charge in [-0.1, -0.05) is 0 Å². The average molecular weight is 225 g/mol. The topological polar surface area (TPSA) is 69.6 Å². The molecule has 0 aromatic carbocycles. The van der Waals surface area contributed by atoms with E-state index in [1.165, 1.54) is 0 Å². The van der Waals surface area contributed by atoms with Crippen LogP contribution < -0.4 is 5.73 Å². The van der Waals surface area contributed by atoms with Gasteiger partial charge in [0, 0.05) is 11.6 Å². The third-order valence-electron chi connectivity index (χ3n) is 2.64. The van der Waals surface area contributed by atoms with E-state index in [0.717, 1.165) is 22.4 Å². The number of hydrogen-bond donors (Lipinski definition) is 1. The molecule has 84 valence electrons. The van der Waals surface area contributed by atoms with Crippen molar-refractivity contribution < 1.29 is 0 Å². The number of nitrogen functional groups attached to an aromatic ring is 1. The van der Waals surface area contributed by atoms with Crippen LogP contribution in [0.25, 0.3) is 16.7 Å². The van der Waals surface area contributed by atoms with Gasteiger partial charge in [0.1, 0.15) is 5.82 Å². The molecule has 0 atom stereocenters. The van der Waals surface area contributed by atoms with Crippen molar-refractivity contribution in [3.05, 3.63) is 42.4 Å². The lowest BCUT2D eigenvalue weighted by molar-refractivity contribution is 0.878. The first kappa shape index (κ1) is 9.77. The van der Waals surface area contributed by atoms with Gasteiger partial charge in [0.15, 0.2) is 5.65 Å². The second kappa shape index (κ2) is 3.55. The highest BCUT2D eigenvalue weighted by atomic mass is 15.3. The quantitative estimate of drug-likeness (QED) is 0.684. The van der Waals surface area contributed by atoms with E-state index in [-0.39, 0.29) is 0 Å². The van der Waals surface area contributed by atoms with Crippen molar-refractivity contribution in [1.82, 2.24) is 19.7 Å². The summed E-state index contributed by atoms with van der Waals surface area (Å²) in [5.74, 6) is 0.510. The molecule has 3 heterocycles. The van der Waals surface area contributed by atoms with Crippen LogP contribution in [-0.2, 0) is 0 Å². The molecule has 0 saturated carbocycles. The van der Waals surface area contributed by atoms with Crippen LogP contribution in [0.5, 0.6) is 0 Å². The Balaban J connectivity index is 2.27. The van der Waals surface area contributed by atoms with Gasteiger partial charge in [0.2, 0.25) is 0 Å². The number of nitrogens with zero attached hydrogens (tertiary/aromatic N) is 4. The molecule has 3 aromatic heterocycles. The molecule has 0 aliphatic rings. The summed E-state index contributed by atoms with van der Waals surface area (Å²) >= 11 is 0. The van der Waals surface area contributed by atoms with E-state index in [1.807, 2.05) is 25.1 Å². The Labute approximate surface area is 97.9 Å². The summed E-state index contributed by atoms with van der Waals surface area (Å²) < 4.78 is 1.77. The molecule has 0 aliphatic carbocycles. The fraction of sp³-hybridized carbons (Fsp3) is 0.0833. The third kappa shape index (κ3) is 1.52. The molecule has 0 saturated heterocycles. The van der Waals surface area contributed by atoms with Gasteiger partial charge < -0.3 is 5.73 Å². The molecule has 2 N–H and O–H groups in total. The molecular weight excluding hydrogens is 214 g/mol. The van der Waals surface area contributed by atoms with Gasteiger partial charge >= 0.3 is 0 Å². The molecule has 5 nitrogen and oxygen atoms in total. The van der Waals surface area contributed by atoms with Gasteiger partial charge in [0.05, 0.1) is 17.6 Å². The lowest BCUT2D eigenvalue weighted by Gasteiger charge is -2.06. The maximum absolute atomic E-state index is 5.64. The van der Waals surface area contributed by atoms with E-state index in [4.69, 9.17) is 5.73 Å². The van der Waals surface area contributed by atoms with Crippen LogP contribution in [0, 0.1) is 6.92 Å². The molecule has 3 rings (SSSR count). The van der Waals surface area contributed by atoms with Gasteiger partial charge in [-0.3, -0.25) is 0 Å². The van der Waals surface area contributed by atoms with Crippen molar-refractivity contribution >= 4 is 16.9 Å². The molecule has 0 amide bonds. The number of anilines is 1. The number of rotatable bonds is 1. The van der Waals surface area contributed by atoms with Crippen LogP contribution in [0.4, 0.5) is 5.82 Å². The molecule has 0 bridgehead atoms. The molecule has 0 radical (unpaired) electrons. The normalized spacial score (nSPS) is 10.9. The predicted octanol–water partition coefficient (Wildman–Crippen LogP) is 1.71. The van der Waals surface area contributed by atoms with E-state index in [9.17, 15) is 0 Å². The second-order valence-corrected chi connectivity index (χ2v) is 3.81. The zero-order chi connectivity index (χ0) is 11.8. The fourth-order valence-corrected chi connectivity index (χ4v) is 1.84. The smallest absolute Gasteiger partial charge is 0.162 e. The highest BCUT2D eigenvalue weighted by Gasteiger charge is 2.08. The van der Waals surface area contributed by atoms with Crippen LogP contribution >= 0.6 is 0 Å². The van der Waals surface area contributed by atoms with Crippen molar-refractivity contribution in [2.75, 3.05) is 5.73 Å². The molecule has 5 heteroatoms. The highest BCUT2D eigenvalue weighted by Crippen LogP contribution is 2.18. The summed E-state index contributed by atoms with van der Waals surface area (Å²) in [6, 6.07) is 7.53. The summed E-state index contributed by atoms with van der Waals surface area (Å²) in [4.78, 5) is 8.55. The number of aryl methyl sites for hydroxylation is 1. The fourth-order valence-electron chi connectivity index (χ4n) is 1.84. The average Bonchev–Trinajstić information content (AvgIpc) is 2.73. The Morgan fingerprint density at radius 1 is 1.24 bits per heavy atom. The molecule has 0 spiro atoms. The lowest BCUT2D eigenvalue weighted by atomic mass is 10.3. The zero-order valence-corrected chi connectivity index (χ0v) is 9.33. The third-order valence-corrected chi connectivity index (χ3v) is 2.64. The van der Waals surface area contributed by atoms with Crippen LogP contribution in [0.3, 0.4) is 0 Å². The Hall–Kier alpha value is -2.43. The monoisotopic (exact) mass is 225 g/mol. The number of nitrogens with two attached hydrogens (primary N) is 1. The Morgan fingerprint density at radius 3 is 2.94 bits per heavy atom. The summed E-state index contributed by atoms with van der Waals surface area (Å²) in [6.07, 6.45) is 3.54. The number of aromatic nitrogens is 4. The van der Waals surface area contributed by atoms with Gasteiger partial charge in [-0.2, -0.15) is 5.10 Å². The number of hydrogen-bond acceptors (Lipinski definition) is 4. The van der Waals surface area contributed by atoms with Crippen molar-refractivity contribution in [3.63, 3.8) is 0 Å². The number of pyridine rings is 2. The first-order valence-corrected chi connectivity index (χ1v) is 5.28. The SMILES string of the molecule is Cc1nc(N)ccc1-n1ncc2cccnc21. The highest BCUT2D eigenvalue weighted by molar-refractivity contribution is 5.76. The zero-order valence-electron chi connectivity index (χ0n) is 9.33. The minimum Gasteiger partial charge on any atom is -0.384 e. The van der Waals surface area contributed by atoms with E-state index in [2.05, 4.69) is 15.1 Å². The van der Waals surface area contributed by atoms with Crippen molar-refractivity contribution in [2.24, 2.45) is 0 Å². The maximum Gasteiger partial charge on any atom is 0.162 e. The molecule has 17 heavy (non-hydrogen) atoms. The molecule has 0 aliphatic heterocycles. The van der Waals surface area contributed by atoms with Gasteiger partial charge in [-0.25, -0.2) is 14.6 Å². The van der Waals surface area contributed by atoms with Gasteiger partial charge in [-0.05, 0) is 31.2 Å². The molecule has 3 aromatic rings. The van der Waals surface area contributed by atoms with Crippen LogP contribution in [0.15, 0.2) is 36.7 Å². The van der Waals surface area contributed by atoms with E-state index in [0.29, 0.717) is 5.82 Å². The van der Waals surface area contributed by atoms with Crippen LogP contribution in [0.1, 0.15) is 5.69 Å². The number of fused-ring (bicyclic) bond motifs is 1.